The molecule has 0 aliphatic carbocycles. The van der Waals surface area contributed by atoms with Gasteiger partial charge in [0.15, 0.2) is 0 Å². The van der Waals surface area contributed by atoms with Gasteiger partial charge in [-0.15, -0.1) is 0 Å². The highest BCUT2D eigenvalue weighted by Gasteiger charge is 1.99. The first-order valence-corrected chi connectivity index (χ1v) is 4.05. The molecule has 1 aromatic carbocycles. The summed E-state index contributed by atoms with van der Waals surface area (Å²) >= 11 is 3.35. The van der Waals surface area contributed by atoms with Crippen LogP contribution in [0.5, 0.6) is 0 Å². The number of benzene rings is 1. The second-order valence-electron chi connectivity index (χ2n) is 2.36. The Bertz CT molecular complexity index is 472. The van der Waals surface area contributed by atoms with Gasteiger partial charge in [0.05, 0.1) is 5.52 Å². The number of aryl methyl sites for hydroxylation is 1. The summed E-state index contributed by atoms with van der Waals surface area (Å²) < 4.78 is 24.1. The largest absolute Gasteiger partial charge is 0.350 e. The average molecular weight is 213 g/mol. The lowest BCUT2D eigenvalue weighted by atomic mass is 10.2. The van der Waals surface area contributed by atoms with Crippen molar-refractivity contribution in [1.82, 2.24) is 4.57 Å². The van der Waals surface area contributed by atoms with Gasteiger partial charge in [-0.1, -0.05) is 12.1 Å². The van der Waals surface area contributed by atoms with E-state index in [-0.39, 0.29) is 0 Å². The van der Waals surface area contributed by atoms with Crippen LogP contribution in [0.15, 0.2) is 34.9 Å². The summed E-state index contributed by atoms with van der Waals surface area (Å²) in [6, 6.07) is 7.41. The third kappa shape index (κ3) is 0.979. The predicted molar refractivity (Wildman–Crippen MR) is 50.6 cm³/mol. The van der Waals surface area contributed by atoms with Crippen molar-refractivity contribution >= 4 is 26.8 Å². The maximum Gasteiger partial charge on any atom is 0.0622 e. The third-order valence-corrected chi connectivity index (χ3v) is 2.30. The number of fused-ring (bicyclic) bond motifs is 1. The highest BCUT2D eigenvalue weighted by molar-refractivity contribution is 9.10. The van der Waals surface area contributed by atoms with E-state index >= 15 is 0 Å². The van der Waals surface area contributed by atoms with Crippen LogP contribution < -0.4 is 0 Å². The summed E-state index contributed by atoms with van der Waals surface area (Å²) in [5, 5.41) is 0.926. The van der Waals surface area contributed by atoms with Crippen molar-refractivity contribution in [2.75, 3.05) is 0 Å². The van der Waals surface area contributed by atoms with Gasteiger partial charge in [0.25, 0.3) is 0 Å². The minimum absolute atomic E-state index is 0.715. The highest BCUT2D eigenvalue weighted by Crippen LogP contribution is 2.23. The minimum Gasteiger partial charge on any atom is -0.350 e. The number of hydrogen-bond donors (Lipinski definition) is 0. The van der Waals surface area contributed by atoms with Gasteiger partial charge in [-0.25, -0.2) is 0 Å². The average Bonchev–Trinajstić information content (AvgIpc) is 2.47. The molecule has 0 N–H and O–H groups in total. The molecule has 1 nitrogen and oxygen atoms in total. The summed E-state index contributed by atoms with van der Waals surface area (Å²) in [5.41, 5.74) is 0.715. The maximum absolute atomic E-state index is 7.34. The van der Waals surface area contributed by atoms with E-state index in [1.54, 1.807) is 12.3 Å². The van der Waals surface area contributed by atoms with Gasteiger partial charge in [0.1, 0.15) is 0 Å². The number of para-hydroxylation sites is 1. The number of aromatic nitrogens is 1. The maximum atomic E-state index is 7.34. The number of rotatable bonds is 0. The second-order valence-corrected chi connectivity index (χ2v) is 3.22. The van der Waals surface area contributed by atoms with Crippen molar-refractivity contribution in [2.24, 2.45) is 6.98 Å². The van der Waals surface area contributed by atoms with Crippen LogP contribution >= 0.6 is 15.9 Å². The van der Waals surface area contributed by atoms with Crippen LogP contribution in [0.25, 0.3) is 10.9 Å². The molecule has 2 heteroatoms. The molecule has 0 unspecified atom stereocenters. The molecule has 0 fully saturated rings. The molecule has 0 saturated heterocycles. The lowest BCUT2D eigenvalue weighted by molar-refractivity contribution is 0.967. The van der Waals surface area contributed by atoms with Gasteiger partial charge in [-0.2, -0.15) is 0 Å². The third-order valence-electron chi connectivity index (χ3n) is 1.66. The van der Waals surface area contributed by atoms with Crippen molar-refractivity contribution in [2.45, 2.75) is 0 Å². The monoisotopic (exact) mass is 212 g/mol. The highest BCUT2D eigenvalue weighted by atomic mass is 79.9. The lowest BCUT2D eigenvalue weighted by Gasteiger charge is -1.97. The van der Waals surface area contributed by atoms with Gasteiger partial charge < -0.3 is 4.57 Å². The fourth-order valence-corrected chi connectivity index (χ4v) is 1.72. The fraction of sp³-hybridized carbons (Fsp3) is 0.111. The molecule has 0 amide bonds. The van der Waals surface area contributed by atoms with Crippen LogP contribution in [0.4, 0.5) is 0 Å². The SMILES string of the molecule is [2H]C([2H])([2H])n1ccc2cccc(Br)c21. The van der Waals surface area contributed by atoms with E-state index in [4.69, 9.17) is 4.11 Å². The summed E-state index contributed by atoms with van der Waals surface area (Å²) in [6.45, 7) is -2.12. The molecule has 2 aromatic rings. The molecule has 11 heavy (non-hydrogen) atoms. The molecule has 1 heterocycles. The number of nitrogens with zero attached hydrogens (tertiary/aromatic N) is 1. The van der Waals surface area contributed by atoms with Gasteiger partial charge in [0, 0.05) is 27.1 Å². The molecule has 0 saturated carbocycles. The van der Waals surface area contributed by atoms with Crippen LogP contribution in [-0.4, -0.2) is 4.57 Å². The predicted octanol–water partition coefficient (Wildman–Crippen LogP) is 2.94. The van der Waals surface area contributed by atoms with Gasteiger partial charge in [0.2, 0.25) is 0 Å². The van der Waals surface area contributed by atoms with Crippen molar-refractivity contribution in [3.8, 4) is 0 Å². The summed E-state index contributed by atoms with van der Waals surface area (Å²) in [4.78, 5) is 0. The lowest BCUT2D eigenvalue weighted by Crippen LogP contribution is -1.83. The first-order valence-electron chi connectivity index (χ1n) is 4.76. The topological polar surface area (TPSA) is 4.93 Å². The molecule has 56 valence electrons. The van der Waals surface area contributed by atoms with Crippen LogP contribution in [0.2, 0.25) is 0 Å². The van der Waals surface area contributed by atoms with Crippen LogP contribution in [0.1, 0.15) is 4.11 Å². The van der Waals surface area contributed by atoms with Gasteiger partial charge in [-0.3, -0.25) is 0 Å². The normalized spacial score (nSPS) is 15.9. The Labute approximate surface area is 78.0 Å². The molecular formula is C9H8BrN. The molecule has 0 radical (unpaired) electrons. The van der Waals surface area contributed by atoms with Crippen molar-refractivity contribution < 1.29 is 4.11 Å². The zero-order valence-electron chi connectivity index (χ0n) is 8.71. The number of hydrogen-bond acceptors (Lipinski definition) is 0. The molecule has 0 spiro atoms. The molecule has 0 aliphatic heterocycles. The van der Waals surface area contributed by atoms with E-state index in [2.05, 4.69) is 15.9 Å². The first kappa shape index (κ1) is 4.31. The van der Waals surface area contributed by atoms with E-state index in [1.807, 2.05) is 18.2 Å². The zero-order valence-corrected chi connectivity index (χ0v) is 7.30. The standard InChI is InChI=1S/C9H8BrN/c1-11-6-5-7-3-2-4-8(10)9(7)11/h2-6H,1H3/i1D3. The first-order chi connectivity index (χ1) is 6.50. The summed E-state index contributed by atoms with van der Waals surface area (Å²) in [6.07, 6.45) is 1.59. The van der Waals surface area contributed by atoms with Gasteiger partial charge >= 0.3 is 0 Å². The Morgan fingerprint density at radius 2 is 2.36 bits per heavy atom. The van der Waals surface area contributed by atoms with Crippen LogP contribution in [0, 0.1) is 0 Å². The van der Waals surface area contributed by atoms with Crippen molar-refractivity contribution in [1.29, 1.82) is 0 Å². The van der Waals surface area contributed by atoms with Crippen molar-refractivity contribution in [3.63, 3.8) is 0 Å². The Morgan fingerprint density at radius 1 is 1.45 bits per heavy atom. The molecular weight excluding hydrogens is 202 g/mol. The second kappa shape index (κ2) is 2.38. The summed E-state index contributed by atoms with van der Waals surface area (Å²) in [5.74, 6) is 0. The van der Waals surface area contributed by atoms with Crippen molar-refractivity contribution in [3.05, 3.63) is 34.9 Å². The fourth-order valence-electron chi connectivity index (χ4n) is 1.15. The molecule has 0 bridgehead atoms. The van der Waals surface area contributed by atoms with E-state index in [0.29, 0.717) is 5.52 Å². The Balaban J connectivity index is 2.80. The quantitative estimate of drug-likeness (QED) is 0.634. The Morgan fingerprint density at radius 3 is 3.18 bits per heavy atom. The van der Waals surface area contributed by atoms with E-state index in [0.717, 1.165) is 9.86 Å². The molecule has 0 aliphatic rings. The van der Waals surface area contributed by atoms with E-state index < -0.39 is 6.98 Å². The molecule has 1 aromatic heterocycles. The summed E-state index contributed by atoms with van der Waals surface area (Å²) in [7, 11) is 0. The van der Waals surface area contributed by atoms with Crippen LogP contribution in [-0.2, 0) is 6.98 Å². The Kier molecular flexibility index (Phi) is 0.932. The smallest absolute Gasteiger partial charge is 0.0622 e. The number of halogens is 1. The van der Waals surface area contributed by atoms with Gasteiger partial charge in [-0.05, 0) is 28.1 Å². The minimum atomic E-state index is -2.12. The Hall–Kier alpha value is -0.760. The van der Waals surface area contributed by atoms with Crippen LogP contribution in [0.3, 0.4) is 0 Å². The van der Waals surface area contributed by atoms with E-state index in [1.165, 1.54) is 4.57 Å². The van der Waals surface area contributed by atoms with E-state index in [9.17, 15) is 0 Å². The molecule has 2 rings (SSSR count). The zero-order chi connectivity index (χ0) is 10.3. The molecule has 0 atom stereocenters.